The van der Waals surface area contributed by atoms with Gasteiger partial charge in [-0.05, 0) is 25.0 Å². The van der Waals surface area contributed by atoms with E-state index in [9.17, 15) is 26.4 Å². The molecule has 0 N–H and O–H groups in total. The fourth-order valence-electron chi connectivity index (χ4n) is 4.16. The van der Waals surface area contributed by atoms with Crippen LogP contribution >= 0.6 is 0 Å². The van der Waals surface area contributed by atoms with Gasteiger partial charge in [0.25, 0.3) is 10.2 Å². The van der Waals surface area contributed by atoms with Gasteiger partial charge in [0.05, 0.1) is 11.9 Å². The summed E-state index contributed by atoms with van der Waals surface area (Å²) < 4.78 is 75.3. The van der Waals surface area contributed by atoms with Gasteiger partial charge in [-0.15, -0.1) is 0 Å². The molecule has 4 rings (SSSR count). The number of rotatable bonds is 6. The average molecular weight is 502 g/mol. The van der Waals surface area contributed by atoms with E-state index < -0.39 is 39.7 Å². The number of benzene rings is 1. The number of piperazine rings is 1. The lowest BCUT2D eigenvalue weighted by atomic mass is 10.2. The molecule has 0 amide bonds. The lowest BCUT2D eigenvalue weighted by Gasteiger charge is -2.36. The molecule has 0 radical (unpaired) electrons. The Morgan fingerprint density at radius 2 is 1.71 bits per heavy atom. The standard InChI is InChI=1S/C21H26F3N5O4S/c1-26(2)34(31,32)28-7-5-27(6-8-28)19-13-25-29(17-10-15(23)9-16(24)11-17)21(30)20(19)33-18-4-3-14(22)12-18/h9-11,13-14,18H,3-8,12H2,1-2H3. The Balaban J connectivity index is 1.68. The molecule has 34 heavy (non-hydrogen) atoms. The zero-order chi connectivity index (χ0) is 24.6. The van der Waals surface area contributed by atoms with Gasteiger partial charge in [0, 0.05) is 52.8 Å². The van der Waals surface area contributed by atoms with Crippen LogP contribution in [0.15, 0.2) is 29.2 Å². The Bertz CT molecular complexity index is 1200. The Morgan fingerprint density at radius 3 is 2.26 bits per heavy atom. The van der Waals surface area contributed by atoms with Crippen molar-refractivity contribution in [3.8, 4) is 11.4 Å². The summed E-state index contributed by atoms with van der Waals surface area (Å²) in [4.78, 5) is 15.1. The minimum Gasteiger partial charge on any atom is -0.483 e. The van der Waals surface area contributed by atoms with E-state index in [0.717, 1.165) is 21.1 Å². The van der Waals surface area contributed by atoms with Crippen molar-refractivity contribution in [2.45, 2.75) is 31.5 Å². The molecule has 2 fully saturated rings. The van der Waals surface area contributed by atoms with Crippen molar-refractivity contribution in [1.29, 1.82) is 0 Å². The van der Waals surface area contributed by atoms with Gasteiger partial charge in [-0.3, -0.25) is 4.79 Å². The summed E-state index contributed by atoms with van der Waals surface area (Å²) in [6.07, 6.45) is 0.648. The molecule has 1 aliphatic carbocycles. The van der Waals surface area contributed by atoms with Crippen molar-refractivity contribution >= 4 is 15.9 Å². The maximum absolute atomic E-state index is 13.8. The van der Waals surface area contributed by atoms with E-state index in [1.807, 2.05) is 0 Å². The SMILES string of the molecule is CN(C)S(=O)(=O)N1CCN(c2cnn(-c3cc(F)cc(F)c3)c(=O)c2OC2CCC(F)C2)CC1. The van der Waals surface area contributed by atoms with E-state index in [0.29, 0.717) is 24.6 Å². The summed E-state index contributed by atoms with van der Waals surface area (Å²) >= 11 is 0. The van der Waals surface area contributed by atoms with Gasteiger partial charge < -0.3 is 9.64 Å². The molecule has 0 spiro atoms. The highest BCUT2D eigenvalue weighted by Crippen LogP contribution is 2.31. The maximum Gasteiger partial charge on any atom is 0.316 e. The Labute approximate surface area is 195 Å². The normalized spacial score (nSPS) is 21.9. The molecule has 2 aliphatic rings. The van der Waals surface area contributed by atoms with Gasteiger partial charge in [0.15, 0.2) is 0 Å². The van der Waals surface area contributed by atoms with E-state index in [-0.39, 0.29) is 44.0 Å². The predicted octanol–water partition coefficient (Wildman–Crippen LogP) is 1.71. The molecule has 1 saturated carbocycles. The molecule has 1 aromatic carbocycles. The number of nitrogens with zero attached hydrogens (tertiary/aromatic N) is 5. The number of alkyl halides is 1. The highest BCUT2D eigenvalue weighted by molar-refractivity contribution is 7.86. The summed E-state index contributed by atoms with van der Waals surface area (Å²) in [5, 5.41) is 4.09. The number of halogens is 3. The second kappa shape index (κ2) is 9.55. The van der Waals surface area contributed by atoms with Crippen LogP contribution in [0, 0.1) is 11.6 Å². The second-order valence-corrected chi connectivity index (χ2v) is 10.7. The van der Waals surface area contributed by atoms with E-state index in [1.165, 1.54) is 24.6 Å². The first-order valence-electron chi connectivity index (χ1n) is 10.9. The van der Waals surface area contributed by atoms with E-state index in [1.54, 1.807) is 4.90 Å². The number of aromatic nitrogens is 2. The molecule has 2 atom stereocenters. The van der Waals surface area contributed by atoms with Crippen LogP contribution in [-0.2, 0) is 10.2 Å². The Kier molecular flexibility index (Phi) is 6.87. The van der Waals surface area contributed by atoms with Crippen LogP contribution in [0.5, 0.6) is 5.75 Å². The van der Waals surface area contributed by atoms with Crippen LogP contribution in [0.1, 0.15) is 19.3 Å². The minimum atomic E-state index is -3.58. The van der Waals surface area contributed by atoms with E-state index in [2.05, 4.69) is 5.10 Å². The molecule has 2 unspecified atom stereocenters. The Hall–Kier alpha value is -2.64. The first-order valence-corrected chi connectivity index (χ1v) is 12.3. The topological polar surface area (TPSA) is 88.0 Å². The fraction of sp³-hybridized carbons (Fsp3) is 0.524. The smallest absolute Gasteiger partial charge is 0.316 e. The van der Waals surface area contributed by atoms with Gasteiger partial charge in [-0.1, -0.05) is 0 Å². The van der Waals surface area contributed by atoms with Crippen molar-refractivity contribution in [1.82, 2.24) is 18.4 Å². The predicted molar refractivity (Wildman–Crippen MR) is 119 cm³/mol. The van der Waals surface area contributed by atoms with Crippen LogP contribution in [0.2, 0.25) is 0 Å². The first kappa shape index (κ1) is 24.5. The zero-order valence-electron chi connectivity index (χ0n) is 18.8. The third-order valence-electron chi connectivity index (χ3n) is 5.98. The summed E-state index contributed by atoms with van der Waals surface area (Å²) in [6.45, 7) is 0.876. The molecule has 2 heterocycles. The molecule has 186 valence electrons. The number of hydrogen-bond acceptors (Lipinski definition) is 6. The van der Waals surface area contributed by atoms with E-state index >= 15 is 0 Å². The number of ether oxygens (including phenoxy) is 1. The third-order valence-corrected chi connectivity index (χ3v) is 7.92. The molecule has 1 aliphatic heterocycles. The van der Waals surface area contributed by atoms with Crippen LogP contribution in [-0.4, -0.2) is 79.4 Å². The van der Waals surface area contributed by atoms with E-state index in [4.69, 9.17) is 4.74 Å². The molecular weight excluding hydrogens is 475 g/mol. The minimum absolute atomic E-state index is 0.109. The highest BCUT2D eigenvalue weighted by Gasteiger charge is 2.32. The van der Waals surface area contributed by atoms with Gasteiger partial charge in [0.1, 0.15) is 29.6 Å². The van der Waals surface area contributed by atoms with Crippen LogP contribution in [0.25, 0.3) is 5.69 Å². The molecule has 2 aromatic rings. The largest absolute Gasteiger partial charge is 0.483 e. The summed E-state index contributed by atoms with van der Waals surface area (Å²) in [5.74, 6) is -1.85. The average Bonchev–Trinajstić information content (AvgIpc) is 3.19. The van der Waals surface area contributed by atoms with Crippen molar-refractivity contribution in [3.05, 3.63) is 46.4 Å². The molecule has 13 heteroatoms. The van der Waals surface area contributed by atoms with Crippen molar-refractivity contribution in [2.24, 2.45) is 0 Å². The summed E-state index contributed by atoms with van der Waals surface area (Å²) in [5.41, 5.74) is -0.536. The lowest BCUT2D eigenvalue weighted by Crippen LogP contribution is -2.52. The van der Waals surface area contributed by atoms with Gasteiger partial charge >= 0.3 is 5.56 Å². The monoisotopic (exact) mass is 501 g/mol. The molecular formula is C21H26F3N5O4S. The number of anilines is 1. The second-order valence-electron chi connectivity index (χ2n) is 8.53. The third kappa shape index (κ3) is 4.91. The zero-order valence-corrected chi connectivity index (χ0v) is 19.6. The van der Waals surface area contributed by atoms with Gasteiger partial charge in [-0.2, -0.15) is 26.8 Å². The van der Waals surface area contributed by atoms with Crippen LogP contribution < -0.4 is 15.2 Å². The first-order chi connectivity index (χ1) is 16.1. The van der Waals surface area contributed by atoms with Crippen LogP contribution in [0.4, 0.5) is 18.9 Å². The fourth-order valence-corrected chi connectivity index (χ4v) is 5.25. The Morgan fingerprint density at radius 1 is 1.06 bits per heavy atom. The number of hydrogen-bond donors (Lipinski definition) is 0. The van der Waals surface area contributed by atoms with Crippen molar-refractivity contribution in [2.75, 3.05) is 45.2 Å². The molecule has 1 saturated heterocycles. The summed E-state index contributed by atoms with van der Waals surface area (Å²) in [7, 11) is -0.684. The van der Waals surface area contributed by atoms with Crippen molar-refractivity contribution < 1.29 is 26.3 Å². The highest BCUT2D eigenvalue weighted by atomic mass is 32.2. The van der Waals surface area contributed by atoms with Crippen LogP contribution in [0.3, 0.4) is 0 Å². The summed E-state index contributed by atoms with van der Waals surface area (Å²) in [6, 6.07) is 2.62. The van der Waals surface area contributed by atoms with Gasteiger partial charge in [-0.25, -0.2) is 13.2 Å². The van der Waals surface area contributed by atoms with Gasteiger partial charge in [0.2, 0.25) is 5.75 Å². The molecule has 9 nitrogen and oxygen atoms in total. The quantitative estimate of drug-likeness (QED) is 0.599. The van der Waals surface area contributed by atoms with Crippen molar-refractivity contribution in [3.63, 3.8) is 0 Å². The maximum atomic E-state index is 13.8. The lowest BCUT2D eigenvalue weighted by molar-refractivity contribution is 0.193. The molecule has 0 bridgehead atoms. The molecule has 1 aromatic heterocycles.